The Morgan fingerprint density at radius 1 is 1.91 bits per heavy atom. The second-order valence-electron chi connectivity index (χ2n) is 2.10. The van der Waals surface area contributed by atoms with Crippen molar-refractivity contribution in [3.05, 3.63) is 21.3 Å². The van der Waals surface area contributed by atoms with Gasteiger partial charge in [0, 0.05) is 11.3 Å². The normalized spacial score (nSPS) is 23.9. The van der Waals surface area contributed by atoms with Gasteiger partial charge in [-0.3, -0.25) is 10.1 Å². The smallest absolute Gasteiger partial charge is 0.272 e. The third kappa shape index (κ3) is 1.68. The van der Waals surface area contributed by atoms with Crippen LogP contribution >= 0.6 is 11.6 Å². The fraction of sp³-hybridized carbons (Fsp3) is 0.400. The molecule has 6 heteroatoms. The van der Waals surface area contributed by atoms with E-state index in [4.69, 9.17) is 17.3 Å². The topological polar surface area (TPSA) is 81.5 Å². The van der Waals surface area contributed by atoms with E-state index >= 15 is 0 Å². The number of amidine groups is 1. The Morgan fingerprint density at radius 3 is 3.00 bits per heavy atom. The maximum atomic E-state index is 10.2. The molecule has 1 atom stereocenters. The lowest BCUT2D eigenvalue weighted by atomic mass is 10.2. The number of nitro groups is 1. The van der Waals surface area contributed by atoms with E-state index in [1.165, 1.54) is 6.08 Å². The Labute approximate surface area is 67.7 Å². The Hall–Kier alpha value is -1.10. The monoisotopic (exact) mass is 175 g/mol. The van der Waals surface area contributed by atoms with Gasteiger partial charge in [0.05, 0.1) is 0 Å². The Kier molecular flexibility index (Phi) is 2.09. The van der Waals surface area contributed by atoms with Crippen LogP contribution in [0.4, 0.5) is 0 Å². The molecule has 0 bridgehead atoms. The SMILES string of the molecule is NC1=NC(Cl)=CCC1[N+](=O)[O-]. The lowest BCUT2D eigenvalue weighted by Gasteiger charge is -2.09. The molecule has 11 heavy (non-hydrogen) atoms. The molecule has 0 radical (unpaired) electrons. The van der Waals surface area contributed by atoms with Gasteiger partial charge in [-0.15, -0.1) is 0 Å². The van der Waals surface area contributed by atoms with Crippen molar-refractivity contribution in [3.8, 4) is 0 Å². The number of nitrogens with zero attached hydrogens (tertiary/aromatic N) is 2. The highest BCUT2D eigenvalue weighted by Crippen LogP contribution is 2.14. The first-order valence-corrected chi connectivity index (χ1v) is 3.32. The van der Waals surface area contributed by atoms with Gasteiger partial charge in [-0.25, -0.2) is 4.99 Å². The highest BCUT2D eigenvalue weighted by molar-refractivity contribution is 6.30. The molecule has 1 rings (SSSR count). The van der Waals surface area contributed by atoms with Crippen LogP contribution in [-0.4, -0.2) is 16.8 Å². The summed E-state index contributed by atoms with van der Waals surface area (Å²) in [6, 6.07) is -0.905. The maximum absolute atomic E-state index is 10.2. The second kappa shape index (κ2) is 2.87. The summed E-state index contributed by atoms with van der Waals surface area (Å²) in [4.78, 5) is 13.3. The molecular weight excluding hydrogens is 170 g/mol. The van der Waals surface area contributed by atoms with Crippen molar-refractivity contribution in [2.24, 2.45) is 10.7 Å². The van der Waals surface area contributed by atoms with Crippen LogP contribution in [0.15, 0.2) is 16.2 Å². The van der Waals surface area contributed by atoms with Crippen LogP contribution in [-0.2, 0) is 0 Å². The fourth-order valence-electron chi connectivity index (χ4n) is 0.767. The number of aliphatic imine (C=N–C) groups is 1. The first kappa shape index (κ1) is 8.00. The molecular formula is C5H6ClN3O2. The predicted molar refractivity (Wildman–Crippen MR) is 41.0 cm³/mol. The first-order valence-electron chi connectivity index (χ1n) is 2.94. The summed E-state index contributed by atoms with van der Waals surface area (Å²) in [5.41, 5.74) is 5.25. The largest absolute Gasteiger partial charge is 0.381 e. The predicted octanol–water partition coefficient (Wildman–Crippen LogP) is 0.473. The average molecular weight is 176 g/mol. The summed E-state index contributed by atoms with van der Waals surface area (Å²) in [7, 11) is 0. The van der Waals surface area contributed by atoms with Gasteiger partial charge in [0.15, 0.2) is 5.84 Å². The second-order valence-corrected chi connectivity index (χ2v) is 2.49. The molecule has 0 aromatic rings. The van der Waals surface area contributed by atoms with Crippen molar-refractivity contribution < 1.29 is 4.92 Å². The van der Waals surface area contributed by atoms with E-state index in [1.807, 2.05) is 0 Å². The lowest BCUT2D eigenvalue weighted by molar-refractivity contribution is -0.502. The standard InChI is InChI=1S/C5H6ClN3O2/c6-4-2-1-3(9(10)11)5(7)8-4/h2-3H,1H2,(H2,7,8). The van der Waals surface area contributed by atoms with Crippen molar-refractivity contribution in [2.45, 2.75) is 12.5 Å². The number of hydrogen-bond donors (Lipinski definition) is 1. The van der Waals surface area contributed by atoms with Gasteiger partial charge in [-0.2, -0.15) is 0 Å². The van der Waals surface area contributed by atoms with Gasteiger partial charge in [-0.1, -0.05) is 11.6 Å². The van der Waals surface area contributed by atoms with Crippen LogP contribution in [0.25, 0.3) is 0 Å². The number of rotatable bonds is 1. The molecule has 0 amide bonds. The van der Waals surface area contributed by atoms with Crippen molar-refractivity contribution in [3.63, 3.8) is 0 Å². The molecule has 0 spiro atoms. The molecule has 0 aromatic heterocycles. The van der Waals surface area contributed by atoms with Crippen molar-refractivity contribution in [1.82, 2.24) is 0 Å². The van der Waals surface area contributed by atoms with Crippen molar-refractivity contribution in [2.75, 3.05) is 0 Å². The molecule has 0 aromatic carbocycles. The van der Waals surface area contributed by atoms with E-state index < -0.39 is 11.0 Å². The summed E-state index contributed by atoms with van der Waals surface area (Å²) in [6.45, 7) is 0. The number of nitrogens with two attached hydrogens (primary N) is 1. The van der Waals surface area contributed by atoms with Gasteiger partial charge in [0.2, 0.25) is 0 Å². The van der Waals surface area contributed by atoms with Gasteiger partial charge in [0.1, 0.15) is 5.16 Å². The maximum Gasteiger partial charge on any atom is 0.272 e. The summed E-state index contributed by atoms with van der Waals surface area (Å²) in [5.74, 6) is -0.0255. The Bertz CT molecular complexity index is 248. The van der Waals surface area contributed by atoms with Crippen LogP contribution in [0, 0.1) is 10.1 Å². The van der Waals surface area contributed by atoms with E-state index in [0.29, 0.717) is 0 Å². The van der Waals surface area contributed by atoms with E-state index in [0.717, 1.165) is 0 Å². The molecule has 1 aliphatic heterocycles. The number of hydrogen-bond acceptors (Lipinski definition) is 4. The van der Waals surface area contributed by atoms with E-state index in [-0.39, 0.29) is 17.4 Å². The minimum absolute atomic E-state index is 0.0255. The molecule has 2 N–H and O–H groups in total. The third-order valence-corrected chi connectivity index (χ3v) is 1.58. The Morgan fingerprint density at radius 2 is 2.55 bits per heavy atom. The summed E-state index contributed by atoms with van der Waals surface area (Å²) >= 11 is 5.45. The minimum atomic E-state index is -0.905. The molecule has 5 nitrogen and oxygen atoms in total. The highest BCUT2D eigenvalue weighted by atomic mass is 35.5. The molecule has 1 heterocycles. The average Bonchev–Trinajstić information content (AvgIpc) is 1.85. The van der Waals surface area contributed by atoms with Crippen molar-refractivity contribution in [1.29, 1.82) is 0 Å². The fourth-order valence-corrected chi connectivity index (χ4v) is 0.954. The van der Waals surface area contributed by atoms with Gasteiger partial charge in [-0.05, 0) is 6.08 Å². The summed E-state index contributed by atoms with van der Waals surface area (Å²) in [5, 5.41) is 10.5. The molecule has 0 saturated heterocycles. The van der Waals surface area contributed by atoms with Crippen LogP contribution in [0.5, 0.6) is 0 Å². The van der Waals surface area contributed by atoms with Crippen LogP contribution < -0.4 is 5.73 Å². The van der Waals surface area contributed by atoms with Crippen molar-refractivity contribution >= 4 is 17.4 Å². The molecule has 1 unspecified atom stereocenters. The minimum Gasteiger partial charge on any atom is -0.381 e. The quantitative estimate of drug-likeness (QED) is 0.357. The zero-order valence-electron chi connectivity index (χ0n) is 5.53. The highest BCUT2D eigenvalue weighted by Gasteiger charge is 2.26. The van der Waals surface area contributed by atoms with E-state index in [1.54, 1.807) is 0 Å². The molecule has 0 aliphatic carbocycles. The Balaban J connectivity index is 2.80. The van der Waals surface area contributed by atoms with E-state index in [9.17, 15) is 10.1 Å². The van der Waals surface area contributed by atoms with Crippen LogP contribution in [0.2, 0.25) is 0 Å². The summed E-state index contributed by atoms with van der Waals surface area (Å²) < 4.78 is 0. The van der Waals surface area contributed by atoms with Gasteiger partial charge < -0.3 is 5.73 Å². The summed E-state index contributed by atoms with van der Waals surface area (Å²) in [6.07, 6.45) is 1.70. The van der Waals surface area contributed by atoms with Crippen LogP contribution in [0.1, 0.15) is 6.42 Å². The van der Waals surface area contributed by atoms with Gasteiger partial charge in [0.25, 0.3) is 6.04 Å². The molecule has 1 aliphatic rings. The third-order valence-electron chi connectivity index (χ3n) is 1.34. The molecule has 60 valence electrons. The zero-order valence-corrected chi connectivity index (χ0v) is 6.28. The van der Waals surface area contributed by atoms with Crippen LogP contribution in [0.3, 0.4) is 0 Å². The molecule has 0 saturated carbocycles. The first-order chi connectivity index (χ1) is 5.11. The van der Waals surface area contributed by atoms with Gasteiger partial charge >= 0.3 is 0 Å². The van der Waals surface area contributed by atoms with E-state index in [2.05, 4.69) is 4.99 Å². The lowest BCUT2D eigenvalue weighted by Crippen LogP contribution is -2.36. The zero-order chi connectivity index (χ0) is 8.43. The molecule has 0 fully saturated rings. The number of halogens is 1.